The molecular weight excluding hydrogens is 481 g/mol. The Morgan fingerprint density at radius 2 is 2.00 bits per heavy atom. The van der Waals surface area contributed by atoms with Gasteiger partial charge in [-0.25, -0.2) is 4.98 Å². The van der Waals surface area contributed by atoms with Crippen LogP contribution in [0.4, 0.5) is 15.2 Å². The summed E-state index contributed by atoms with van der Waals surface area (Å²) in [7, 11) is 4.09. The highest BCUT2D eigenvalue weighted by Crippen LogP contribution is 2.25. The number of rotatable bonds is 11. The molecule has 0 unspecified atom stereocenters. The smallest absolute Gasteiger partial charge is 0.275 e. The maximum absolute atomic E-state index is 12.5. The summed E-state index contributed by atoms with van der Waals surface area (Å²) in [6.45, 7) is 7.47. The number of aryl methyl sites for hydroxylation is 1. The van der Waals surface area contributed by atoms with Gasteiger partial charge in [-0.1, -0.05) is 25.5 Å². The standard InChI is InChI=1S/C18H24N4OS.C4H8FNO.C4H10O/c1-13-10-14(11-21(2)3)6-7-15(13)19-17(23)16-12-24-18(20-16)22-8-4-5-9-22;5-2-1-3-6-4-7;1-2-3-4-5/h6-7,10,12H,4-5,8-9,11H2,1-3H3,(H,19,23);4H,1-3H2,(H,6,7);5H,2-4H2,1H3. The Hall–Kier alpha value is -2.56. The Morgan fingerprint density at radius 1 is 1.28 bits per heavy atom. The van der Waals surface area contributed by atoms with Crippen molar-refractivity contribution < 1.29 is 19.1 Å². The van der Waals surface area contributed by atoms with Gasteiger partial charge in [-0.15, -0.1) is 11.3 Å². The molecule has 2 heterocycles. The van der Waals surface area contributed by atoms with Crippen LogP contribution in [-0.4, -0.2) is 74.3 Å². The van der Waals surface area contributed by atoms with E-state index in [0.717, 1.165) is 48.9 Å². The molecule has 202 valence electrons. The predicted molar refractivity (Wildman–Crippen MR) is 147 cm³/mol. The first-order chi connectivity index (χ1) is 17.4. The average Bonchev–Trinajstić information content (AvgIpc) is 3.55. The Kier molecular flexibility index (Phi) is 16.3. The largest absolute Gasteiger partial charge is 0.396 e. The van der Waals surface area contributed by atoms with Crippen molar-refractivity contribution in [2.24, 2.45) is 0 Å². The van der Waals surface area contributed by atoms with Crippen LogP contribution >= 0.6 is 11.3 Å². The Labute approximate surface area is 218 Å². The predicted octanol–water partition coefficient (Wildman–Crippen LogP) is 4.24. The van der Waals surface area contributed by atoms with Gasteiger partial charge < -0.3 is 25.5 Å². The summed E-state index contributed by atoms with van der Waals surface area (Å²) in [5.74, 6) is -0.139. The molecule has 1 aliphatic heterocycles. The van der Waals surface area contributed by atoms with Gasteiger partial charge in [0.2, 0.25) is 6.41 Å². The van der Waals surface area contributed by atoms with Crippen LogP contribution in [0, 0.1) is 6.92 Å². The van der Waals surface area contributed by atoms with Crippen molar-refractivity contribution in [2.45, 2.75) is 52.5 Å². The van der Waals surface area contributed by atoms with E-state index < -0.39 is 0 Å². The first-order valence-electron chi connectivity index (χ1n) is 12.5. The highest BCUT2D eigenvalue weighted by atomic mass is 32.1. The lowest BCUT2D eigenvalue weighted by atomic mass is 10.1. The minimum atomic E-state index is -0.360. The molecule has 2 amide bonds. The van der Waals surface area contributed by atoms with Gasteiger partial charge in [0.1, 0.15) is 5.69 Å². The summed E-state index contributed by atoms with van der Waals surface area (Å²) in [5, 5.41) is 16.2. The van der Waals surface area contributed by atoms with Gasteiger partial charge >= 0.3 is 0 Å². The van der Waals surface area contributed by atoms with Crippen molar-refractivity contribution in [2.75, 3.05) is 57.2 Å². The second-order valence-corrected chi connectivity index (χ2v) is 9.58. The fraction of sp³-hybridized carbons (Fsp3) is 0.577. The van der Waals surface area contributed by atoms with E-state index in [4.69, 9.17) is 5.11 Å². The third-order valence-corrected chi connectivity index (χ3v) is 6.09. The topological polar surface area (TPSA) is 97.8 Å². The van der Waals surface area contributed by atoms with Crippen molar-refractivity contribution in [3.8, 4) is 0 Å². The second kappa shape index (κ2) is 18.7. The number of hydrogen-bond donors (Lipinski definition) is 3. The van der Waals surface area contributed by atoms with Gasteiger partial charge in [0.05, 0.1) is 6.67 Å². The number of benzene rings is 1. The fourth-order valence-corrected chi connectivity index (χ4v) is 4.18. The average molecular weight is 524 g/mol. The van der Waals surface area contributed by atoms with Crippen molar-refractivity contribution in [1.82, 2.24) is 15.2 Å². The molecule has 1 fully saturated rings. The molecule has 10 heteroatoms. The fourth-order valence-electron chi connectivity index (χ4n) is 3.32. The summed E-state index contributed by atoms with van der Waals surface area (Å²) >= 11 is 1.55. The summed E-state index contributed by atoms with van der Waals surface area (Å²) in [4.78, 5) is 30.8. The summed E-state index contributed by atoms with van der Waals surface area (Å²) < 4.78 is 11.2. The molecular formula is C26H42FN5O3S. The third kappa shape index (κ3) is 12.4. The molecule has 0 aliphatic carbocycles. The van der Waals surface area contributed by atoms with Gasteiger partial charge in [-0.05, 0) is 63.9 Å². The van der Waals surface area contributed by atoms with Gasteiger partial charge in [0, 0.05) is 43.9 Å². The molecule has 1 aromatic heterocycles. The molecule has 0 bridgehead atoms. The second-order valence-electron chi connectivity index (χ2n) is 8.74. The molecule has 0 atom stereocenters. The number of anilines is 2. The number of aromatic nitrogens is 1. The van der Waals surface area contributed by atoms with Crippen LogP contribution in [0.5, 0.6) is 0 Å². The highest BCUT2D eigenvalue weighted by molar-refractivity contribution is 7.14. The number of halogens is 1. The van der Waals surface area contributed by atoms with Gasteiger partial charge in [-0.2, -0.15) is 0 Å². The maximum Gasteiger partial charge on any atom is 0.275 e. The zero-order valence-corrected chi connectivity index (χ0v) is 22.9. The maximum atomic E-state index is 12.5. The molecule has 3 N–H and O–H groups in total. The first kappa shape index (κ1) is 31.5. The van der Waals surface area contributed by atoms with Crippen LogP contribution in [0.25, 0.3) is 0 Å². The summed E-state index contributed by atoms with van der Waals surface area (Å²) in [5.41, 5.74) is 3.65. The number of nitrogens with zero attached hydrogens (tertiary/aromatic N) is 3. The lowest BCUT2D eigenvalue weighted by Gasteiger charge is -2.13. The Balaban J connectivity index is 0.000000450. The number of nitrogens with one attached hydrogen (secondary N) is 2. The monoisotopic (exact) mass is 523 g/mol. The van der Waals surface area contributed by atoms with E-state index in [0.29, 0.717) is 31.7 Å². The molecule has 8 nitrogen and oxygen atoms in total. The van der Waals surface area contributed by atoms with Gasteiger partial charge in [-0.3, -0.25) is 14.0 Å². The third-order valence-electron chi connectivity index (χ3n) is 5.19. The van der Waals surface area contributed by atoms with E-state index in [9.17, 15) is 14.0 Å². The summed E-state index contributed by atoms with van der Waals surface area (Å²) in [6, 6.07) is 6.14. The number of amides is 2. The summed E-state index contributed by atoms with van der Waals surface area (Å²) in [6.07, 6.45) is 5.43. The lowest BCUT2D eigenvalue weighted by molar-refractivity contribution is -0.109. The lowest BCUT2D eigenvalue weighted by Crippen LogP contribution is -2.18. The van der Waals surface area contributed by atoms with Crippen LogP contribution in [0.3, 0.4) is 0 Å². The molecule has 1 aromatic carbocycles. The number of hydrogen-bond acceptors (Lipinski definition) is 7. The van der Waals surface area contributed by atoms with Crippen molar-refractivity contribution in [3.63, 3.8) is 0 Å². The van der Waals surface area contributed by atoms with Crippen LogP contribution in [0.1, 0.15) is 60.6 Å². The Morgan fingerprint density at radius 3 is 2.53 bits per heavy atom. The van der Waals surface area contributed by atoms with Crippen LogP contribution in [-0.2, 0) is 11.3 Å². The SMILES string of the molecule is CCCCO.Cc1cc(CN(C)C)ccc1NC(=O)c1csc(N2CCCC2)n1.O=CNCCCF. The van der Waals surface area contributed by atoms with E-state index in [1.165, 1.54) is 18.4 Å². The number of aliphatic hydroxyl groups excluding tert-OH is 1. The molecule has 3 rings (SSSR count). The van der Waals surface area contributed by atoms with E-state index in [2.05, 4.69) is 44.5 Å². The van der Waals surface area contributed by atoms with Gasteiger partial charge in [0.15, 0.2) is 5.13 Å². The number of carbonyl (C=O) groups is 2. The van der Waals surface area contributed by atoms with Crippen LogP contribution in [0.15, 0.2) is 23.6 Å². The number of thiazole rings is 1. The minimum absolute atomic E-state index is 0.139. The van der Waals surface area contributed by atoms with Gasteiger partial charge in [0.25, 0.3) is 5.91 Å². The molecule has 2 aromatic rings. The van der Waals surface area contributed by atoms with E-state index in [1.807, 2.05) is 32.5 Å². The molecule has 36 heavy (non-hydrogen) atoms. The zero-order valence-electron chi connectivity index (χ0n) is 22.1. The molecule has 0 saturated carbocycles. The van der Waals surface area contributed by atoms with E-state index in [1.54, 1.807) is 11.3 Å². The van der Waals surface area contributed by atoms with Crippen molar-refractivity contribution in [3.05, 3.63) is 40.4 Å². The van der Waals surface area contributed by atoms with Crippen molar-refractivity contribution >= 4 is 34.5 Å². The molecule has 0 spiro atoms. The normalized spacial score (nSPS) is 12.4. The molecule has 1 saturated heterocycles. The van der Waals surface area contributed by atoms with Crippen LogP contribution < -0.4 is 15.5 Å². The molecule has 0 radical (unpaired) electrons. The molecule has 1 aliphatic rings. The van der Waals surface area contributed by atoms with Crippen LogP contribution in [0.2, 0.25) is 0 Å². The number of alkyl halides is 1. The van der Waals surface area contributed by atoms with E-state index in [-0.39, 0.29) is 12.6 Å². The minimum Gasteiger partial charge on any atom is -0.396 e. The zero-order chi connectivity index (χ0) is 26.8. The number of unbranched alkanes of at least 4 members (excludes halogenated alkanes) is 1. The number of carbonyl (C=O) groups excluding carboxylic acids is 2. The van der Waals surface area contributed by atoms with E-state index >= 15 is 0 Å². The quantitative estimate of drug-likeness (QED) is 0.301. The highest BCUT2D eigenvalue weighted by Gasteiger charge is 2.18. The number of aliphatic hydroxyl groups is 1. The first-order valence-corrected chi connectivity index (χ1v) is 13.3. The Bertz CT molecular complexity index is 886. The van der Waals surface area contributed by atoms with Crippen molar-refractivity contribution in [1.29, 1.82) is 0 Å².